The van der Waals surface area contributed by atoms with Crippen LogP contribution in [0.25, 0.3) is 5.65 Å². The van der Waals surface area contributed by atoms with E-state index < -0.39 is 10.8 Å². The standard InChI is InChI=1S/C14H23N5OS/c1-4-6-15-12-10-19-9-8-17-14(19)13(18-12)16-7-5-11(2)21(3)20/h8-11,15H,4-7H2,1-3H3,(H,16,18). The summed E-state index contributed by atoms with van der Waals surface area (Å²) >= 11 is 0. The summed E-state index contributed by atoms with van der Waals surface area (Å²) in [6, 6.07) is 0. The van der Waals surface area contributed by atoms with Crippen molar-refractivity contribution in [2.24, 2.45) is 0 Å². The average Bonchev–Trinajstić information content (AvgIpc) is 2.93. The van der Waals surface area contributed by atoms with Crippen LogP contribution in [-0.4, -0.2) is 43.2 Å². The fourth-order valence-electron chi connectivity index (χ4n) is 1.95. The monoisotopic (exact) mass is 309 g/mol. The van der Waals surface area contributed by atoms with Gasteiger partial charge in [-0.2, -0.15) is 0 Å². The van der Waals surface area contributed by atoms with Crippen LogP contribution in [0.5, 0.6) is 0 Å². The lowest BCUT2D eigenvalue weighted by atomic mass is 10.3. The molecule has 2 atom stereocenters. The Morgan fingerprint density at radius 1 is 1.38 bits per heavy atom. The first-order valence-corrected chi connectivity index (χ1v) is 8.87. The van der Waals surface area contributed by atoms with Crippen molar-refractivity contribution < 1.29 is 4.21 Å². The van der Waals surface area contributed by atoms with Crippen molar-refractivity contribution in [2.75, 3.05) is 30.0 Å². The van der Waals surface area contributed by atoms with E-state index in [9.17, 15) is 4.21 Å². The van der Waals surface area contributed by atoms with Crippen molar-refractivity contribution in [3.63, 3.8) is 0 Å². The van der Waals surface area contributed by atoms with Crippen molar-refractivity contribution in [3.8, 4) is 0 Å². The fourth-order valence-corrected chi connectivity index (χ4v) is 2.40. The minimum atomic E-state index is -0.790. The predicted molar refractivity (Wildman–Crippen MR) is 88.4 cm³/mol. The molecule has 0 saturated heterocycles. The van der Waals surface area contributed by atoms with Gasteiger partial charge in [-0.3, -0.25) is 4.21 Å². The van der Waals surface area contributed by atoms with Crippen LogP contribution in [0, 0.1) is 0 Å². The molecular formula is C14H23N5OS. The highest BCUT2D eigenvalue weighted by Gasteiger charge is 2.09. The van der Waals surface area contributed by atoms with Gasteiger partial charge in [0.1, 0.15) is 5.82 Å². The number of nitrogens with one attached hydrogen (secondary N) is 2. The molecule has 2 unspecified atom stereocenters. The van der Waals surface area contributed by atoms with Gasteiger partial charge in [-0.15, -0.1) is 0 Å². The second-order valence-corrected chi connectivity index (χ2v) is 6.89. The van der Waals surface area contributed by atoms with Crippen LogP contribution in [0.4, 0.5) is 11.6 Å². The molecule has 0 saturated carbocycles. The molecular weight excluding hydrogens is 286 g/mol. The molecule has 6 nitrogen and oxygen atoms in total. The number of hydrogen-bond donors (Lipinski definition) is 2. The molecule has 21 heavy (non-hydrogen) atoms. The topological polar surface area (TPSA) is 71.3 Å². The molecule has 0 aliphatic rings. The quantitative estimate of drug-likeness (QED) is 0.781. The van der Waals surface area contributed by atoms with Crippen LogP contribution in [-0.2, 0) is 10.8 Å². The highest BCUT2D eigenvalue weighted by atomic mass is 32.2. The molecule has 2 aromatic heterocycles. The molecule has 0 bridgehead atoms. The van der Waals surface area contributed by atoms with Gasteiger partial charge in [-0.1, -0.05) is 13.8 Å². The first kappa shape index (κ1) is 15.8. The van der Waals surface area contributed by atoms with E-state index >= 15 is 0 Å². The molecule has 2 heterocycles. The summed E-state index contributed by atoms with van der Waals surface area (Å²) in [6.07, 6.45) is 9.23. The van der Waals surface area contributed by atoms with Crippen molar-refractivity contribution >= 4 is 28.1 Å². The number of fused-ring (bicyclic) bond motifs is 1. The third-order valence-electron chi connectivity index (χ3n) is 3.34. The number of rotatable bonds is 8. The van der Waals surface area contributed by atoms with Crippen LogP contribution in [0.2, 0.25) is 0 Å². The summed E-state index contributed by atoms with van der Waals surface area (Å²) in [7, 11) is -0.790. The molecule has 116 valence electrons. The zero-order valence-corrected chi connectivity index (χ0v) is 13.6. The zero-order chi connectivity index (χ0) is 15.2. The Bertz CT molecular complexity index is 612. The summed E-state index contributed by atoms with van der Waals surface area (Å²) in [5.74, 6) is 1.59. The molecule has 0 radical (unpaired) electrons. The minimum absolute atomic E-state index is 0.176. The van der Waals surface area contributed by atoms with Crippen molar-refractivity contribution in [1.82, 2.24) is 14.4 Å². The number of anilines is 2. The SMILES string of the molecule is CCCNc1cn2ccnc2c(NCCC(C)S(C)=O)n1. The predicted octanol–water partition coefficient (Wildman–Crippen LogP) is 2.12. The number of imidazole rings is 1. The average molecular weight is 309 g/mol. The lowest BCUT2D eigenvalue weighted by Gasteiger charge is -2.12. The van der Waals surface area contributed by atoms with Gasteiger partial charge in [0.15, 0.2) is 11.5 Å². The summed E-state index contributed by atoms with van der Waals surface area (Å²) in [5.41, 5.74) is 0.808. The first-order valence-electron chi connectivity index (χ1n) is 7.25. The van der Waals surface area contributed by atoms with Gasteiger partial charge in [0.25, 0.3) is 0 Å². The van der Waals surface area contributed by atoms with Crippen LogP contribution in [0.1, 0.15) is 26.7 Å². The van der Waals surface area contributed by atoms with E-state index in [1.54, 1.807) is 12.5 Å². The van der Waals surface area contributed by atoms with Gasteiger partial charge in [0, 0.05) is 47.8 Å². The van der Waals surface area contributed by atoms with E-state index in [4.69, 9.17) is 0 Å². The van der Waals surface area contributed by atoms with Crippen molar-refractivity contribution in [2.45, 2.75) is 31.9 Å². The highest BCUT2D eigenvalue weighted by molar-refractivity contribution is 7.84. The molecule has 0 amide bonds. The third-order valence-corrected chi connectivity index (χ3v) is 4.71. The highest BCUT2D eigenvalue weighted by Crippen LogP contribution is 2.16. The van der Waals surface area contributed by atoms with E-state index in [1.807, 2.05) is 23.7 Å². The molecule has 2 N–H and O–H groups in total. The van der Waals surface area contributed by atoms with E-state index in [0.717, 1.165) is 43.2 Å². The van der Waals surface area contributed by atoms with E-state index in [-0.39, 0.29) is 5.25 Å². The third kappa shape index (κ3) is 4.17. The second-order valence-electron chi connectivity index (χ2n) is 5.08. The second kappa shape index (κ2) is 7.40. The van der Waals surface area contributed by atoms with Gasteiger partial charge in [0.2, 0.25) is 0 Å². The number of nitrogens with zero attached hydrogens (tertiary/aromatic N) is 3. The maximum atomic E-state index is 11.4. The van der Waals surface area contributed by atoms with Crippen LogP contribution in [0.15, 0.2) is 18.6 Å². The number of hydrogen-bond acceptors (Lipinski definition) is 5. The molecule has 0 aliphatic heterocycles. The Kier molecular flexibility index (Phi) is 5.55. The van der Waals surface area contributed by atoms with Crippen molar-refractivity contribution in [3.05, 3.63) is 18.6 Å². The molecule has 7 heteroatoms. The maximum absolute atomic E-state index is 11.4. The summed E-state index contributed by atoms with van der Waals surface area (Å²) in [5, 5.41) is 6.77. The Morgan fingerprint density at radius 2 is 2.19 bits per heavy atom. The number of aromatic nitrogens is 3. The van der Waals surface area contributed by atoms with Gasteiger partial charge in [-0.05, 0) is 12.8 Å². The van der Waals surface area contributed by atoms with Gasteiger partial charge >= 0.3 is 0 Å². The minimum Gasteiger partial charge on any atom is -0.369 e. The molecule has 0 spiro atoms. The Labute approximate surface area is 127 Å². The molecule has 2 aromatic rings. The zero-order valence-electron chi connectivity index (χ0n) is 12.8. The molecule has 0 fully saturated rings. The van der Waals surface area contributed by atoms with Crippen molar-refractivity contribution in [1.29, 1.82) is 0 Å². The smallest absolute Gasteiger partial charge is 0.180 e. The normalized spacial score (nSPS) is 14.0. The van der Waals surface area contributed by atoms with E-state index in [1.165, 1.54) is 0 Å². The summed E-state index contributed by atoms with van der Waals surface area (Å²) in [4.78, 5) is 8.89. The Balaban J connectivity index is 2.09. The summed E-state index contributed by atoms with van der Waals surface area (Å²) < 4.78 is 13.3. The maximum Gasteiger partial charge on any atom is 0.180 e. The molecule has 0 aliphatic carbocycles. The van der Waals surface area contributed by atoms with Crippen LogP contribution >= 0.6 is 0 Å². The molecule has 2 rings (SSSR count). The van der Waals surface area contributed by atoms with E-state index in [2.05, 4.69) is 27.5 Å². The Hall–Kier alpha value is -1.63. The first-order chi connectivity index (χ1) is 10.1. The van der Waals surface area contributed by atoms with Crippen LogP contribution in [0.3, 0.4) is 0 Å². The fraction of sp³-hybridized carbons (Fsp3) is 0.571. The van der Waals surface area contributed by atoms with E-state index in [0.29, 0.717) is 0 Å². The summed E-state index contributed by atoms with van der Waals surface area (Å²) in [6.45, 7) is 5.73. The lowest BCUT2D eigenvalue weighted by molar-refractivity contribution is 0.672. The van der Waals surface area contributed by atoms with Gasteiger partial charge in [-0.25, -0.2) is 9.97 Å². The van der Waals surface area contributed by atoms with Crippen LogP contribution < -0.4 is 10.6 Å². The lowest BCUT2D eigenvalue weighted by Crippen LogP contribution is -2.16. The molecule has 0 aromatic carbocycles. The Morgan fingerprint density at radius 3 is 2.90 bits per heavy atom. The van der Waals surface area contributed by atoms with Gasteiger partial charge < -0.3 is 15.0 Å². The van der Waals surface area contributed by atoms with Gasteiger partial charge in [0.05, 0.1) is 6.20 Å². The largest absolute Gasteiger partial charge is 0.369 e.